The van der Waals surface area contributed by atoms with Crippen LogP contribution in [0.5, 0.6) is 5.75 Å². The molecule has 5 nitrogen and oxygen atoms in total. The van der Waals surface area contributed by atoms with Crippen LogP contribution < -0.4 is 10.1 Å². The molecule has 0 unspecified atom stereocenters. The zero-order chi connectivity index (χ0) is 18.4. The molecule has 0 saturated heterocycles. The largest absolute Gasteiger partial charge is 0.496 e. The predicted molar refractivity (Wildman–Crippen MR) is 91.1 cm³/mol. The first kappa shape index (κ1) is 18.7. The second kappa shape index (κ2) is 8.48. The summed E-state index contributed by atoms with van der Waals surface area (Å²) in [6.45, 7) is 1.61. The summed E-state index contributed by atoms with van der Waals surface area (Å²) in [5.74, 6) is -1.61. The molecule has 0 bridgehead atoms. The maximum Gasteiger partial charge on any atom is 0.341 e. The van der Waals surface area contributed by atoms with Crippen molar-refractivity contribution in [3.63, 3.8) is 0 Å². The lowest BCUT2D eigenvalue weighted by molar-refractivity contribution is -0.129. The van der Waals surface area contributed by atoms with E-state index in [1.807, 2.05) is 12.1 Å². The number of carbonyl (C=O) groups excluding carboxylic acids is 2. The number of halogens is 2. The van der Waals surface area contributed by atoms with Gasteiger partial charge in [-0.3, -0.25) is 4.79 Å². The molecule has 25 heavy (non-hydrogen) atoms. The minimum absolute atomic E-state index is 0.196. The number of carbonyl (C=O) groups is 2. The number of rotatable bonds is 6. The summed E-state index contributed by atoms with van der Waals surface area (Å²) >= 11 is 5.74. The first-order valence-corrected chi connectivity index (χ1v) is 7.85. The fourth-order valence-electron chi connectivity index (χ4n) is 2.11. The summed E-state index contributed by atoms with van der Waals surface area (Å²) in [5, 5.41) is 2.84. The van der Waals surface area contributed by atoms with Gasteiger partial charge in [0.15, 0.2) is 6.10 Å². The number of benzene rings is 2. The lowest BCUT2D eigenvalue weighted by Crippen LogP contribution is -2.35. The molecule has 0 heterocycles. The highest BCUT2D eigenvalue weighted by Crippen LogP contribution is 2.18. The smallest absolute Gasteiger partial charge is 0.341 e. The Morgan fingerprint density at radius 2 is 1.96 bits per heavy atom. The maximum absolute atomic E-state index is 13.7. The van der Waals surface area contributed by atoms with Crippen LogP contribution in [-0.4, -0.2) is 25.1 Å². The molecule has 0 aliphatic carbocycles. The van der Waals surface area contributed by atoms with Gasteiger partial charge in [-0.2, -0.15) is 0 Å². The average Bonchev–Trinajstić information content (AvgIpc) is 2.61. The molecular formula is C18H17ClFNO4. The molecule has 132 valence electrons. The van der Waals surface area contributed by atoms with Crippen LogP contribution in [0.4, 0.5) is 4.39 Å². The highest BCUT2D eigenvalue weighted by atomic mass is 35.5. The van der Waals surface area contributed by atoms with Gasteiger partial charge in [0.2, 0.25) is 0 Å². The number of methoxy groups -OCH3 is 1. The third-order valence-electron chi connectivity index (χ3n) is 3.45. The molecule has 0 aliphatic rings. The molecule has 7 heteroatoms. The van der Waals surface area contributed by atoms with Crippen molar-refractivity contribution < 1.29 is 23.5 Å². The van der Waals surface area contributed by atoms with Crippen LogP contribution in [0, 0.1) is 5.82 Å². The number of nitrogens with one attached hydrogen (secondary N) is 1. The highest BCUT2D eigenvalue weighted by Gasteiger charge is 2.21. The lowest BCUT2D eigenvalue weighted by Gasteiger charge is -2.15. The van der Waals surface area contributed by atoms with Crippen molar-refractivity contribution in [3.8, 4) is 5.75 Å². The summed E-state index contributed by atoms with van der Waals surface area (Å²) < 4.78 is 23.8. The van der Waals surface area contributed by atoms with Crippen LogP contribution in [-0.2, 0) is 16.1 Å². The Labute approximate surface area is 149 Å². The van der Waals surface area contributed by atoms with E-state index in [2.05, 4.69) is 5.32 Å². The topological polar surface area (TPSA) is 64.6 Å². The van der Waals surface area contributed by atoms with Crippen LogP contribution in [0.25, 0.3) is 0 Å². The number of esters is 1. The van der Waals surface area contributed by atoms with Crippen LogP contribution in [0.1, 0.15) is 22.8 Å². The van der Waals surface area contributed by atoms with E-state index >= 15 is 0 Å². The van der Waals surface area contributed by atoms with Crippen molar-refractivity contribution in [1.82, 2.24) is 5.32 Å². The molecule has 1 N–H and O–H groups in total. The molecule has 1 atom stereocenters. The molecule has 1 amide bonds. The Balaban J connectivity index is 1.96. The van der Waals surface area contributed by atoms with Gasteiger partial charge in [-0.05, 0) is 31.2 Å². The highest BCUT2D eigenvalue weighted by molar-refractivity contribution is 6.30. The van der Waals surface area contributed by atoms with E-state index in [1.165, 1.54) is 20.1 Å². The second-order valence-corrected chi connectivity index (χ2v) is 5.64. The zero-order valence-corrected chi connectivity index (χ0v) is 14.5. The van der Waals surface area contributed by atoms with Gasteiger partial charge in [-0.15, -0.1) is 0 Å². The van der Waals surface area contributed by atoms with Crippen LogP contribution >= 0.6 is 11.6 Å². The van der Waals surface area contributed by atoms with E-state index in [1.54, 1.807) is 12.1 Å². The fraction of sp³-hybridized carbons (Fsp3) is 0.222. The van der Waals surface area contributed by atoms with Gasteiger partial charge in [0, 0.05) is 17.1 Å². The third-order valence-corrected chi connectivity index (χ3v) is 3.68. The van der Waals surface area contributed by atoms with Gasteiger partial charge >= 0.3 is 5.97 Å². The van der Waals surface area contributed by atoms with E-state index < -0.39 is 23.8 Å². The Morgan fingerprint density at radius 1 is 1.24 bits per heavy atom. The Morgan fingerprint density at radius 3 is 2.68 bits per heavy atom. The van der Waals surface area contributed by atoms with Crippen LogP contribution in [0.2, 0.25) is 5.02 Å². The minimum atomic E-state index is -1.10. The standard InChI is InChI=1S/C18H17ClFNO4/c1-11(25-18(23)14-9-13(19)7-8-15(14)20)17(22)21-10-12-5-3-4-6-16(12)24-2/h3-9,11H,10H2,1-2H3,(H,21,22)/t11-/m0/s1. The lowest BCUT2D eigenvalue weighted by atomic mass is 10.2. The van der Waals surface area contributed by atoms with E-state index in [0.29, 0.717) is 5.75 Å². The normalized spacial score (nSPS) is 11.5. The second-order valence-electron chi connectivity index (χ2n) is 5.20. The fourth-order valence-corrected chi connectivity index (χ4v) is 2.28. The number of hydrogen-bond donors (Lipinski definition) is 1. The summed E-state index contributed by atoms with van der Waals surface area (Å²) in [6.07, 6.45) is -1.10. The Kier molecular flexibility index (Phi) is 6.36. The first-order chi connectivity index (χ1) is 11.9. The van der Waals surface area contributed by atoms with Gasteiger partial charge in [0.1, 0.15) is 11.6 Å². The predicted octanol–water partition coefficient (Wildman–Crippen LogP) is 3.35. The Bertz CT molecular complexity index is 781. The molecule has 0 aromatic heterocycles. The van der Waals surface area contributed by atoms with E-state index in [0.717, 1.165) is 17.7 Å². The molecule has 2 aromatic carbocycles. The van der Waals surface area contributed by atoms with Crippen molar-refractivity contribution in [2.24, 2.45) is 0 Å². The minimum Gasteiger partial charge on any atom is -0.496 e. The molecule has 2 rings (SSSR count). The maximum atomic E-state index is 13.7. The molecule has 2 aromatic rings. The molecule has 0 saturated carbocycles. The van der Waals surface area contributed by atoms with Crippen molar-refractivity contribution in [2.45, 2.75) is 19.6 Å². The molecule has 0 radical (unpaired) electrons. The number of hydrogen-bond acceptors (Lipinski definition) is 4. The monoisotopic (exact) mass is 365 g/mol. The first-order valence-electron chi connectivity index (χ1n) is 7.48. The molecule has 0 spiro atoms. The summed E-state index contributed by atoms with van der Waals surface area (Å²) in [4.78, 5) is 24.1. The van der Waals surface area contributed by atoms with Gasteiger partial charge in [0.05, 0.1) is 12.7 Å². The van der Waals surface area contributed by atoms with Gasteiger partial charge < -0.3 is 14.8 Å². The quantitative estimate of drug-likeness (QED) is 0.797. The van der Waals surface area contributed by atoms with Crippen molar-refractivity contribution >= 4 is 23.5 Å². The molecular weight excluding hydrogens is 349 g/mol. The van der Waals surface area contributed by atoms with Gasteiger partial charge in [-0.25, -0.2) is 9.18 Å². The number of ether oxygens (including phenoxy) is 2. The van der Waals surface area contributed by atoms with Crippen molar-refractivity contribution in [2.75, 3.05) is 7.11 Å². The number of amides is 1. The van der Waals surface area contributed by atoms with Crippen LogP contribution in [0.3, 0.4) is 0 Å². The van der Waals surface area contributed by atoms with Gasteiger partial charge in [0.25, 0.3) is 5.91 Å². The SMILES string of the molecule is COc1ccccc1CNC(=O)[C@H](C)OC(=O)c1cc(Cl)ccc1F. The average molecular weight is 366 g/mol. The van der Waals surface area contributed by atoms with Crippen molar-refractivity contribution in [3.05, 3.63) is 64.4 Å². The summed E-state index contributed by atoms with van der Waals surface area (Å²) in [7, 11) is 1.53. The molecule has 0 fully saturated rings. The van der Waals surface area contributed by atoms with Crippen LogP contribution in [0.15, 0.2) is 42.5 Å². The Hall–Kier alpha value is -2.60. The van der Waals surface area contributed by atoms with E-state index in [4.69, 9.17) is 21.1 Å². The van der Waals surface area contributed by atoms with Crippen molar-refractivity contribution in [1.29, 1.82) is 0 Å². The van der Waals surface area contributed by atoms with E-state index in [9.17, 15) is 14.0 Å². The zero-order valence-electron chi connectivity index (χ0n) is 13.7. The number of para-hydroxylation sites is 1. The van der Waals surface area contributed by atoms with E-state index in [-0.39, 0.29) is 17.1 Å². The summed E-state index contributed by atoms with van der Waals surface area (Å²) in [6, 6.07) is 10.7. The summed E-state index contributed by atoms with van der Waals surface area (Å²) in [5.41, 5.74) is 0.453. The third kappa shape index (κ3) is 4.93. The molecule has 0 aliphatic heterocycles. The van der Waals surface area contributed by atoms with Gasteiger partial charge in [-0.1, -0.05) is 29.8 Å².